The Labute approximate surface area is 176 Å². The number of rotatable bonds is 3. The number of aromatic nitrogens is 1. The highest BCUT2D eigenvalue weighted by Gasteiger charge is 2.32. The van der Waals surface area contributed by atoms with Crippen molar-refractivity contribution in [1.82, 2.24) is 10.3 Å². The first-order valence-electron chi connectivity index (χ1n) is 9.82. The molecule has 2 aromatic rings. The number of nitrogens with zero attached hydrogens (tertiary/aromatic N) is 2. The molecule has 9 heteroatoms. The van der Waals surface area contributed by atoms with Gasteiger partial charge < -0.3 is 10.2 Å². The van der Waals surface area contributed by atoms with Gasteiger partial charge in [-0.2, -0.15) is 13.2 Å². The molecule has 1 aromatic heterocycles. The van der Waals surface area contributed by atoms with Crippen LogP contribution in [0.4, 0.5) is 23.4 Å². The number of pyridine rings is 1. The monoisotopic (exact) mass is 439 g/mol. The predicted octanol–water partition coefficient (Wildman–Crippen LogP) is 4.81. The summed E-state index contributed by atoms with van der Waals surface area (Å²) < 4.78 is 51.7. The molecule has 1 aromatic carbocycles. The van der Waals surface area contributed by atoms with Crippen LogP contribution in [-0.2, 0) is 11.0 Å². The van der Waals surface area contributed by atoms with Gasteiger partial charge in [0.05, 0.1) is 11.6 Å². The lowest BCUT2D eigenvalue weighted by molar-refractivity contribution is -0.137. The van der Waals surface area contributed by atoms with Crippen LogP contribution in [0.2, 0.25) is 0 Å². The second kappa shape index (κ2) is 8.45. The van der Waals surface area contributed by atoms with Gasteiger partial charge in [0.15, 0.2) is 0 Å². The van der Waals surface area contributed by atoms with E-state index in [1.165, 1.54) is 18.2 Å². The highest BCUT2D eigenvalue weighted by molar-refractivity contribution is 7.99. The topological polar surface area (TPSA) is 45.2 Å². The van der Waals surface area contributed by atoms with Crippen LogP contribution in [0.15, 0.2) is 41.4 Å². The summed E-state index contributed by atoms with van der Waals surface area (Å²) >= 11 is 1.66. The Balaban J connectivity index is 1.35. The molecule has 0 saturated carbocycles. The summed E-state index contributed by atoms with van der Waals surface area (Å²) in [5.41, 5.74) is 0.0499. The van der Waals surface area contributed by atoms with E-state index in [2.05, 4.69) is 10.3 Å². The molecule has 30 heavy (non-hydrogen) atoms. The minimum atomic E-state index is -4.41. The Bertz CT molecular complexity index is 911. The first kappa shape index (κ1) is 21.0. The molecule has 4 rings (SSSR count). The zero-order chi connectivity index (χ0) is 21.3. The quantitative estimate of drug-likeness (QED) is 0.698. The number of carbonyl (C=O) groups excluding carboxylic acids is 1. The maximum absolute atomic E-state index is 13.7. The number of hydrogen-bond donors (Lipinski definition) is 1. The number of hydrogen-bond acceptors (Lipinski definition) is 4. The van der Waals surface area contributed by atoms with Crippen LogP contribution in [0.1, 0.15) is 36.4 Å². The van der Waals surface area contributed by atoms with Crippen LogP contribution < -0.4 is 10.2 Å². The summed E-state index contributed by atoms with van der Waals surface area (Å²) in [5, 5.41) is 3.07. The molecule has 0 radical (unpaired) electrons. The van der Waals surface area contributed by atoms with Crippen LogP contribution >= 0.6 is 11.8 Å². The molecule has 0 spiro atoms. The van der Waals surface area contributed by atoms with Crippen molar-refractivity contribution in [2.45, 2.75) is 36.4 Å². The SMILES string of the molecule is O=C(N[C@H]1CCSc2ccc(F)cc21)C1CCN(c2ccc(C(F)(F)F)cn2)CC1. The molecule has 2 aliphatic rings. The van der Waals surface area contributed by atoms with Gasteiger partial charge in [0.2, 0.25) is 5.91 Å². The lowest BCUT2D eigenvalue weighted by atomic mass is 9.94. The maximum atomic E-state index is 13.7. The number of halogens is 4. The van der Waals surface area contributed by atoms with E-state index in [-0.39, 0.29) is 23.7 Å². The zero-order valence-electron chi connectivity index (χ0n) is 16.1. The standard InChI is InChI=1S/C21H21F4N3OS/c22-15-2-3-18-16(11-15)17(7-10-30-18)27-20(29)13-5-8-28(9-6-13)19-4-1-14(12-26-19)21(23,24)25/h1-4,11-13,17H,5-10H2,(H,27,29)/t17-/m0/s1. The van der Waals surface area contributed by atoms with Crippen molar-refractivity contribution in [3.05, 3.63) is 53.5 Å². The van der Waals surface area contributed by atoms with E-state index in [9.17, 15) is 22.4 Å². The summed E-state index contributed by atoms with van der Waals surface area (Å²) in [5.74, 6) is 0.801. The van der Waals surface area contributed by atoms with Gasteiger partial charge in [0.1, 0.15) is 11.6 Å². The number of benzene rings is 1. The fourth-order valence-electron chi connectivity index (χ4n) is 3.92. The number of alkyl halides is 3. The smallest absolute Gasteiger partial charge is 0.357 e. The third-order valence-corrected chi connectivity index (χ3v) is 6.72. The van der Waals surface area contributed by atoms with Crippen LogP contribution in [-0.4, -0.2) is 29.7 Å². The number of piperidine rings is 1. The summed E-state index contributed by atoms with van der Waals surface area (Å²) in [6.07, 6.45) is -1.64. The fourth-order valence-corrected chi connectivity index (χ4v) is 5.02. The predicted molar refractivity (Wildman–Crippen MR) is 107 cm³/mol. The molecule has 160 valence electrons. The summed E-state index contributed by atoms with van der Waals surface area (Å²) in [6, 6.07) is 6.88. The second-order valence-electron chi connectivity index (χ2n) is 7.54. The minimum absolute atomic E-state index is 0.0536. The minimum Gasteiger partial charge on any atom is -0.357 e. The highest BCUT2D eigenvalue weighted by Crippen LogP contribution is 2.37. The van der Waals surface area contributed by atoms with Crippen LogP contribution in [0.5, 0.6) is 0 Å². The lowest BCUT2D eigenvalue weighted by Crippen LogP contribution is -2.42. The number of amides is 1. The van der Waals surface area contributed by atoms with Crippen molar-refractivity contribution in [2.75, 3.05) is 23.7 Å². The molecule has 1 atom stereocenters. The second-order valence-corrected chi connectivity index (χ2v) is 8.68. The number of carbonyl (C=O) groups is 1. The van der Waals surface area contributed by atoms with Crippen molar-refractivity contribution >= 4 is 23.5 Å². The summed E-state index contributed by atoms with van der Waals surface area (Å²) in [6.45, 7) is 1.09. The van der Waals surface area contributed by atoms with E-state index in [1.807, 2.05) is 4.90 Å². The van der Waals surface area contributed by atoms with Gasteiger partial charge in [-0.05, 0) is 55.2 Å². The largest absolute Gasteiger partial charge is 0.417 e. The van der Waals surface area contributed by atoms with Crippen molar-refractivity contribution in [3.8, 4) is 0 Å². The van der Waals surface area contributed by atoms with Crippen molar-refractivity contribution < 1.29 is 22.4 Å². The van der Waals surface area contributed by atoms with Gasteiger partial charge in [-0.15, -0.1) is 11.8 Å². The van der Waals surface area contributed by atoms with Gasteiger partial charge in [-0.25, -0.2) is 9.37 Å². The van der Waals surface area contributed by atoms with Crippen molar-refractivity contribution in [3.63, 3.8) is 0 Å². The highest BCUT2D eigenvalue weighted by atomic mass is 32.2. The van der Waals surface area contributed by atoms with E-state index >= 15 is 0 Å². The third-order valence-electron chi connectivity index (χ3n) is 5.59. The number of anilines is 1. The van der Waals surface area contributed by atoms with Gasteiger partial charge in [-0.3, -0.25) is 4.79 Å². The van der Waals surface area contributed by atoms with Gasteiger partial charge >= 0.3 is 6.18 Å². The number of fused-ring (bicyclic) bond motifs is 1. The average Bonchev–Trinajstić information content (AvgIpc) is 2.74. The molecule has 0 aliphatic carbocycles. The molecule has 1 N–H and O–H groups in total. The zero-order valence-corrected chi connectivity index (χ0v) is 16.9. The Morgan fingerprint density at radius 3 is 2.57 bits per heavy atom. The molecule has 2 aliphatic heterocycles. The van der Waals surface area contributed by atoms with Crippen LogP contribution in [0.3, 0.4) is 0 Å². The lowest BCUT2D eigenvalue weighted by Gasteiger charge is -2.33. The van der Waals surface area contributed by atoms with Crippen molar-refractivity contribution in [1.29, 1.82) is 0 Å². The molecule has 1 saturated heterocycles. The van der Waals surface area contributed by atoms with Crippen molar-refractivity contribution in [2.24, 2.45) is 5.92 Å². The maximum Gasteiger partial charge on any atom is 0.417 e. The molecule has 1 amide bonds. The van der Waals surface area contributed by atoms with Gasteiger partial charge in [0.25, 0.3) is 0 Å². The molecule has 4 nitrogen and oxygen atoms in total. The van der Waals surface area contributed by atoms with E-state index in [1.54, 1.807) is 17.8 Å². The number of thioether (sulfide) groups is 1. The van der Waals surface area contributed by atoms with E-state index in [0.29, 0.717) is 31.7 Å². The van der Waals surface area contributed by atoms with E-state index in [4.69, 9.17) is 0 Å². The molecule has 0 unspecified atom stereocenters. The van der Waals surface area contributed by atoms with Crippen LogP contribution in [0, 0.1) is 11.7 Å². The first-order chi connectivity index (χ1) is 14.3. The van der Waals surface area contributed by atoms with Gasteiger partial charge in [-0.1, -0.05) is 0 Å². The summed E-state index contributed by atoms with van der Waals surface area (Å²) in [4.78, 5) is 19.6. The van der Waals surface area contributed by atoms with Crippen LogP contribution in [0.25, 0.3) is 0 Å². The Morgan fingerprint density at radius 2 is 1.90 bits per heavy atom. The molecule has 0 bridgehead atoms. The van der Waals surface area contributed by atoms with Gasteiger partial charge in [0, 0.05) is 35.9 Å². The molecular formula is C21H21F4N3OS. The third kappa shape index (κ3) is 4.55. The number of nitrogens with one attached hydrogen (secondary N) is 1. The molecule has 1 fully saturated rings. The fraction of sp³-hybridized carbons (Fsp3) is 0.429. The Morgan fingerprint density at radius 1 is 1.13 bits per heavy atom. The first-order valence-corrected chi connectivity index (χ1v) is 10.8. The molecular weight excluding hydrogens is 418 g/mol. The Hall–Kier alpha value is -2.29. The normalized spacial score (nSPS) is 20.0. The van der Waals surface area contributed by atoms with E-state index < -0.39 is 11.7 Å². The molecule has 3 heterocycles. The van der Waals surface area contributed by atoms with E-state index in [0.717, 1.165) is 34.9 Å². The average molecular weight is 439 g/mol. The Kier molecular flexibility index (Phi) is 5.90. The summed E-state index contributed by atoms with van der Waals surface area (Å²) in [7, 11) is 0.